The van der Waals surface area contributed by atoms with Gasteiger partial charge in [0.1, 0.15) is 5.76 Å². The summed E-state index contributed by atoms with van der Waals surface area (Å²) in [5.41, 5.74) is 1.49. The van der Waals surface area contributed by atoms with Crippen molar-refractivity contribution < 1.29 is 27.0 Å². The highest BCUT2D eigenvalue weighted by Crippen LogP contribution is 2.44. The summed E-state index contributed by atoms with van der Waals surface area (Å²) in [7, 11) is -1.41. The Morgan fingerprint density at radius 3 is 2.90 bits per heavy atom. The number of hydrogen-bond acceptors (Lipinski definition) is 8. The molecule has 1 saturated heterocycles. The molecular weight excluding hydrogens is 396 g/mol. The molecule has 3 heterocycles. The van der Waals surface area contributed by atoms with Crippen LogP contribution in [0.25, 0.3) is 11.5 Å². The van der Waals surface area contributed by atoms with Crippen LogP contribution in [0.2, 0.25) is 0 Å². The van der Waals surface area contributed by atoms with E-state index in [-0.39, 0.29) is 24.3 Å². The highest BCUT2D eigenvalue weighted by Gasteiger charge is 2.32. The molecule has 0 unspecified atom stereocenters. The van der Waals surface area contributed by atoms with E-state index in [1.807, 2.05) is 13.0 Å². The molecule has 156 valence electrons. The van der Waals surface area contributed by atoms with Crippen molar-refractivity contribution in [2.45, 2.75) is 25.9 Å². The lowest BCUT2D eigenvalue weighted by Crippen LogP contribution is -2.36. The maximum atomic E-state index is 11.9. The first-order valence-corrected chi connectivity index (χ1v) is 11.2. The number of benzene rings is 1. The summed E-state index contributed by atoms with van der Waals surface area (Å²) in [5, 5.41) is 0. The van der Waals surface area contributed by atoms with Gasteiger partial charge in [0.2, 0.25) is 18.4 Å². The Labute approximate surface area is 170 Å². The van der Waals surface area contributed by atoms with Crippen molar-refractivity contribution in [1.82, 2.24) is 9.88 Å². The van der Waals surface area contributed by atoms with Crippen LogP contribution >= 0.6 is 0 Å². The normalized spacial score (nSPS) is 19.6. The van der Waals surface area contributed by atoms with E-state index < -0.39 is 9.84 Å². The van der Waals surface area contributed by atoms with Crippen LogP contribution in [-0.2, 0) is 16.4 Å². The van der Waals surface area contributed by atoms with E-state index in [4.69, 9.17) is 18.6 Å². The van der Waals surface area contributed by atoms with Crippen molar-refractivity contribution in [1.29, 1.82) is 0 Å². The molecule has 0 N–H and O–H groups in total. The summed E-state index contributed by atoms with van der Waals surface area (Å²) in [6, 6.07) is 3.57. The highest BCUT2D eigenvalue weighted by atomic mass is 32.2. The number of nitrogens with zero attached hydrogens (tertiary/aromatic N) is 2. The largest absolute Gasteiger partial charge is 0.493 e. The van der Waals surface area contributed by atoms with Crippen LogP contribution in [0.4, 0.5) is 0 Å². The van der Waals surface area contributed by atoms with E-state index in [1.54, 1.807) is 19.3 Å². The van der Waals surface area contributed by atoms with E-state index in [9.17, 15) is 8.42 Å². The predicted molar refractivity (Wildman–Crippen MR) is 107 cm³/mol. The van der Waals surface area contributed by atoms with Crippen LogP contribution in [0.5, 0.6) is 17.2 Å². The molecule has 9 heteroatoms. The fourth-order valence-electron chi connectivity index (χ4n) is 3.72. The molecule has 2 aromatic rings. The van der Waals surface area contributed by atoms with Crippen LogP contribution in [0, 0.1) is 6.92 Å². The van der Waals surface area contributed by atoms with Gasteiger partial charge in [-0.15, -0.1) is 6.58 Å². The molecule has 1 aromatic carbocycles. The summed E-state index contributed by atoms with van der Waals surface area (Å²) in [4.78, 5) is 6.76. The van der Waals surface area contributed by atoms with Gasteiger partial charge in [-0.3, -0.25) is 4.90 Å². The molecule has 0 radical (unpaired) electrons. The Balaban J connectivity index is 1.60. The second kappa shape index (κ2) is 7.72. The number of aryl methyl sites for hydroxylation is 1. The van der Waals surface area contributed by atoms with Crippen LogP contribution in [0.15, 0.2) is 29.2 Å². The van der Waals surface area contributed by atoms with E-state index in [0.29, 0.717) is 48.4 Å². The zero-order valence-electron chi connectivity index (χ0n) is 16.5. The van der Waals surface area contributed by atoms with E-state index >= 15 is 0 Å². The van der Waals surface area contributed by atoms with Gasteiger partial charge >= 0.3 is 0 Å². The lowest BCUT2D eigenvalue weighted by Gasteiger charge is -2.25. The number of fused-ring (bicyclic) bond motifs is 1. The lowest BCUT2D eigenvalue weighted by molar-refractivity contribution is 0.171. The Bertz CT molecular complexity index is 1030. The van der Waals surface area contributed by atoms with Gasteiger partial charge < -0.3 is 18.6 Å². The zero-order chi connectivity index (χ0) is 20.6. The van der Waals surface area contributed by atoms with Crippen LogP contribution in [0.1, 0.15) is 17.9 Å². The lowest BCUT2D eigenvalue weighted by atomic mass is 10.2. The van der Waals surface area contributed by atoms with Gasteiger partial charge in [-0.1, -0.05) is 6.08 Å². The second-order valence-electron chi connectivity index (χ2n) is 7.21. The molecule has 4 rings (SSSR count). The van der Waals surface area contributed by atoms with Crippen molar-refractivity contribution in [3.63, 3.8) is 0 Å². The number of aromatic nitrogens is 1. The van der Waals surface area contributed by atoms with Crippen molar-refractivity contribution >= 4 is 9.84 Å². The van der Waals surface area contributed by atoms with Gasteiger partial charge in [0.25, 0.3) is 0 Å². The third-order valence-corrected chi connectivity index (χ3v) is 6.99. The summed E-state index contributed by atoms with van der Waals surface area (Å²) in [5.74, 6) is 3.24. The molecule has 2 aliphatic rings. The van der Waals surface area contributed by atoms with E-state index in [1.165, 1.54) is 0 Å². The average Bonchev–Trinajstić information content (AvgIpc) is 3.39. The van der Waals surface area contributed by atoms with Crippen molar-refractivity contribution in [2.24, 2.45) is 0 Å². The fourth-order valence-corrected chi connectivity index (χ4v) is 5.48. The molecule has 8 nitrogen and oxygen atoms in total. The number of sulfone groups is 1. The Hall–Kier alpha value is -2.52. The van der Waals surface area contributed by atoms with Crippen LogP contribution in [-0.4, -0.2) is 56.3 Å². The summed E-state index contributed by atoms with van der Waals surface area (Å²) < 4.78 is 46.0. The van der Waals surface area contributed by atoms with Gasteiger partial charge in [-0.2, -0.15) is 0 Å². The molecule has 0 spiro atoms. The minimum Gasteiger partial charge on any atom is -0.493 e. The Morgan fingerprint density at radius 2 is 2.21 bits per heavy atom. The van der Waals surface area contributed by atoms with Gasteiger partial charge in [0.05, 0.1) is 24.3 Å². The molecule has 2 aliphatic heterocycles. The second-order valence-corrected chi connectivity index (χ2v) is 9.44. The quantitative estimate of drug-likeness (QED) is 0.631. The van der Waals surface area contributed by atoms with Crippen molar-refractivity contribution in [3.05, 3.63) is 36.2 Å². The molecule has 1 atom stereocenters. The van der Waals surface area contributed by atoms with Crippen molar-refractivity contribution in [2.75, 3.05) is 32.0 Å². The summed E-state index contributed by atoms with van der Waals surface area (Å²) in [6.45, 7) is 6.87. The molecule has 0 saturated carbocycles. The van der Waals surface area contributed by atoms with Gasteiger partial charge in [0.15, 0.2) is 21.3 Å². The van der Waals surface area contributed by atoms with E-state index in [0.717, 1.165) is 11.3 Å². The number of methoxy groups -OCH3 is 1. The molecule has 0 aliphatic carbocycles. The van der Waals surface area contributed by atoms with Gasteiger partial charge in [-0.25, -0.2) is 13.4 Å². The minimum atomic E-state index is -2.97. The topological polar surface area (TPSA) is 91.1 Å². The first-order chi connectivity index (χ1) is 13.9. The fraction of sp³-hybridized carbons (Fsp3) is 0.450. The smallest absolute Gasteiger partial charge is 0.231 e. The molecule has 1 fully saturated rings. The summed E-state index contributed by atoms with van der Waals surface area (Å²) >= 11 is 0. The third kappa shape index (κ3) is 3.97. The van der Waals surface area contributed by atoms with E-state index in [2.05, 4.69) is 16.5 Å². The third-order valence-electron chi connectivity index (χ3n) is 5.24. The monoisotopic (exact) mass is 420 g/mol. The average molecular weight is 420 g/mol. The first-order valence-electron chi connectivity index (χ1n) is 9.40. The number of rotatable bonds is 7. The Morgan fingerprint density at radius 1 is 1.38 bits per heavy atom. The number of oxazole rings is 1. The van der Waals surface area contributed by atoms with Crippen molar-refractivity contribution in [3.8, 4) is 28.7 Å². The first kappa shape index (κ1) is 19.8. The minimum absolute atomic E-state index is 0.0387. The number of hydrogen-bond donors (Lipinski definition) is 0. The highest BCUT2D eigenvalue weighted by molar-refractivity contribution is 7.91. The molecule has 1 aromatic heterocycles. The van der Waals surface area contributed by atoms with Gasteiger partial charge in [-0.05, 0) is 25.5 Å². The maximum absolute atomic E-state index is 11.9. The van der Waals surface area contributed by atoms with Crippen LogP contribution in [0.3, 0.4) is 0 Å². The van der Waals surface area contributed by atoms with Gasteiger partial charge in [0, 0.05) is 24.7 Å². The SMILES string of the molecule is C=CCN(Cc1nc(-c2cc(OC)c3c(c2)OCO3)oc1C)[C@H]1CCS(=O)(=O)C1. The number of ether oxygens (including phenoxy) is 3. The van der Waals surface area contributed by atoms with Crippen LogP contribution < -0.4 is 14.2 Å². The predicted octanol–water partition coefficient (Wildman–Crippen LogP) is 2.56. The standard InChI is InChI=1S/C20H24N2O6S/c1-4-6-22(15-5-7-29(23,24)11-15)10-16-13(2)28-20(21-16)14-8-17(25-3)19-18(9-14)26-12-27-19/h4,8-9,15H,1,5-7,10-12H2,2-3H3/t15-/m0/s1. The maximum Gasteiger partial charge on any atom is 0.231 e. The molecule has 0 bridgehead atoms. The Kier molecular flexibility index (Phi) is 5.26. The molecule has 29 heavy (non-hydrogen) atoms. The molecule has 0 amide bonds. The zero-order valence-corrected chi connectivity index (χ0v) is 17.3. The molecular formula is C20H24N2O6S. The summed E-state index contributed by atoms with van der Waals surface area (Å²) in [6.07, 6.45) is 2.41.